The summed E-state index contributed by atoms with van der Waals surface area (Å²) >= 11 is 9.90. The topological polar surface area (TPSA) is 92.2 Å². The third-order valence-electron chi connectivity index (χ3n) is 7.14. The van der Waals surface area contributed by atoms with Crippen molar-refractivity contribution in [3.63, 3.8) is 0 Å². The number of nitrogens with zero attached hydrogens (tertiary/aromatic N) is 3. The number of Topliss-reactive ketones (excluding diaryl/α,β-unsaturated/α-hetero) is 1. The fourth-order valence-electron chi connectivity index (χ4n) is 5.29. The molecule has 1 unspecified atom stereocenters. The van der Waals surface area contributed by atoms with Gasteiger partial charge in [-0.1, -0.05) is 39.7 Å². The number of hydrogen-bond donors (Lipinski definition) is 1. The van der Waals surface area contributed by atoms with E-state index in [4.69, 9.17) is 22.1 Å². The first kappa shape index (κ1) is 26.0. The fraction of sp³-hybridized carbons (Fsp3) is 0.233. The Labute approximate surface area is 235 Å². The van der Waals surface area contributed by atoms with Crippen LogP contribution in [0.3, 0.4) is 0 Å². The quantitative estimate of drug-likeness (QED) is 0.322. The third-order valence-corrected chi connectivity index (χ3v) is 7.96. The number of hydrogen-bond acceptors (Lipinski definition) is 6. The molecule has 3 aromatic rings. The van der Waals surface area contributed by atoms with Gasteiger partial charge >= 0.3 is 0 Å². The second-order valence-electron chi connectivity index (χ2n) is 9.51. The Balaban J connectivity index is 1.63. The zero-order chi connectivity index (χ0) is 27.0. The third kappa shape index (κ3) is 4.70. The molecule has 1 aromatic heterocycles. The Morgan fingerprint density at radius 2 is 1.95 bits per heavy atom. The van der Waals surface area contributed by atoms with Crippen LogP contribution in [0.5, 0.6) is 5.75 Å². The smallest absolute Gasteiger partial charge is 0.161 e. The second-order valence-corrected chi connectivity index (χ2v) is 10.8. The van der Waals surface area contributed by atoms with Crippen molar-refractivity contribution < 1.29 is 9.53 Å². The van der Waals surface area contributed by atoms with Crippen molar-refractivity contribution in [1.82, 2.24) is 4.98 Å². The minimum Gasteiger partial charge on any atom is -0.489 e. The van der Waals surface area contributed by atoms with E-state index in [-0.39, 0.29) is 16.8 Å². The summed E-state index contributed by atoms with van der Waals surface area (Å²) in [6, 6.07) is 17.7. The summed E-state index contributed by atoms with van der Waals surface area (Å²) in [7, 11) is 0. The number of aromatic nitrogens is 1. The predicted octanol–water partition coefficient (Wildman–Crippen LogP) is 7.00. The lowest BCUT2D eigenvalue weighted by Gasteiger charge is -2.40. The molecular formula is C30H26BrClN4O2. The molecule has 0 spiro atoms. The standard InChI is InChI=1S/C30H26BrClN4O2/c1-17-13-18(2)22(14-19(17)16-38-21-10-8-20(31)9-11-21)27-23(15-33)30(34)36(25-6-4-12-35-29(25)32)24-5-3-7-26(37)28(24)27/h4,6,8-14,27H,3,5,7,16,34H2,1-2H3. The normalized spacial score (nSPS) is 17.4. The molecule has 1 atom stereocenters. The minimum atomic E-state index is -0.568. The fourth-order valence-corrected chi connectivity index (χ4v) is 5.76. The molecule has 192 valence electrons. The highest BCUT2D eigenvalue weighted by molar-refractivity contribution is 9.10. The number of allylic oxidation sites excluding steroid dienone is 3. The van der Waals surface area contributed by atoms with Crippen molar-refractivity contribution in [2.75, 3.05) is 4.90 Å². The number of nitriles is 1. The number of carbonyl (C=O) groups excluding carboxylic acids is 1. The molecule has 2 aliphatic rings. The molecule has 1 aliphatic heterocycles. The van der Waals surface area contributed by atoms with Crippen molar-refractivity contribution in [2.24, 2.45) is 5.73 Å². The molecule has 2 aromatic carbocycles. The highest BCUT2D eigenvalue weighted by atomic mass is 79.9. The Morgan fingerprint density at radius 3 is 2.66 bits per heavy atom. The van der Waals surface area contributed by atoms with E-state index in [9.17, 15) is 10.1 Å². The van der Waals surface area contributed by atoms with Crippen LogP contribution in [0.1, 0.15) is 47.4 Å². The summed E-state index contributed by atoms with van der Waals surface area (Å²) in [6.45, 7) is 4.40. The van der Waals surface area contributed by atoms with Gasteiger partial charge in [-0.05, 0) is 85.3 Å². The van der Waals surface area contributed by atoms with Gasteiger partial charge in [0.15, 0.2) is 10.9 Å². The zero-order valence-corrected chi connectivity index (χ0v) is 23.4. The van der Waals surface area contributed by atoms with E-state index >= 15 is 0 Å². The lowest BCUT2D eigenvalue weighted by atomic mass is 9.74. The summed E-state index contributed by atoms with van der Waals surface area (Å²) in [5, 5.41) is 10.6. The van der Waals surface area contributed by atoms with Crippen LogP contribution in [-0.4, -0.2) is 10.8 Å². The Bertz CT molecular complexity index is 1540. The highest BCUT2D eigenvalue weighted by Crippen LogP contribution is 2.48. The van der Waals surface area contributed by atoms with Gasteiger partial charge in [0.1, 0.15) is 18.2 Å². The summed E-state index contributed by atoms with van der Waals surface area (Å²) in [4.78, 5) is 19.5. The maximum Gasteiger partial charge on any atom is 0.161 e. The average molecular weight is 590 g/mol. The van der Waals surface area contributed by atoms with Crippen LogP contribution >= 0.6 is 27.5 Å². The summed E-state index contributed by atoms with van der Waals surface area (Å²) in [5.74, 6) is 0.481. The number of nitrogens with two attached hydrogens (primary N) is 1. The van der Waals surface area contributed by atoms with E-state index in [1.54, 1.807) is 23.2 Å². The molecule has 0 saturated carbocycles. The van der Waals surface area contributed by atoms with Gasteiger partial charge in [0.05, 0.1) is 23.2 Å². The van der Waals surface area contributed by atoms with Gasteiger partial charge in [0, 0.05) is 28.4 Å². The van der Waals surface area contributed by atoms with Crippen LogP contribution in [0.2, 0.25) is 5.15 Å². The number of benzene rings is 2. The van der Waals surface area contributed by atoms with Crippen molar-refractivity contribution >= 4 is 39.0 Å². The number of ether oxygens (including phenoxy) is 1. The maximum atomic E-state index is 13.5. The van der Waals surface area contributed by atoms with Crippen LogP contribution in [0, 0.1) is 25.2 Å². The first-order valence-electron chi connectivity index (χ1n) is 12.3. The molecule has 2 N–H and O–H groups in total. The molecule has 6 nitrogen and oxygen atoms in total. The van der Waals surface area contributed by atoms with Crippen LogP contribution < -0.4 is 15.4 Å². The van der Waals surface area contributed by atoms with Crippen molar-refractivity contribution in [3.05, 3.63) is 109 Å². The van der Waals surface area contributed by atoms with E-state index in [0.29, 0.717) is 42.7 Å². The Kier molecular flexibility index (Phi) is 7.29. The number of pyridine rings is 1. The largest absolute Gasteiger partial charge is 0.489 e. The predicted molar refractivity (Wildman–Crippen MR) is 152 cm³/mol. The lowest BCUT2D eigenvalue weighted by Crippen LogP contribution is -2.39. The molecule has 0 bridgehead atoms. The number of halogens is 2. The molecular weight excluding hydrogens is 564 g/mol. The monoisotopic (exact) mass is 588 g/mol. The van der Waals surface area contributed by atoms with Gasteiger partial charge in [-0.25, -0.2) is 4.98 Å². The molecule has 8 heteroatoms. The molecule has 0 saturated heterocycles. The lowest BCUT2D eigenvalue weighted by molar-refractivity contribution is -0.116. The number of rotatable bonds is 5. The Morgan fingerprint density at radius 1 is 1.18 bits per heavy atom. The van der Waals surface area contributed by atoms with E-state index in [1.165, 1.54) is 0 Å². The number of carbonyl (C=O) groups is 1. The molecule has 0 fully saturated rings. The second kappa shape index (κ2) is 10.6. The summed E-state index contributed by atoms with van der Waals surface area (Å²) < 4.78 is 7.05. The molecule has 0 radical (unpaired) electrons. The SMILES string of the molecule is Cc1cc(C)c(C2C(C#N)=C(N)N(c3cccnc3Cl)C3=C2C(=O)CCC3)cc1COc1ccc(Br)cc1. The van der Waals surface area contributed by atoms with Crippen LogP contribution in [-0.2, 0) is 11.4 Å². The number of anilines is 1. The molecule has 5 rings (SSSR count). The first-order valence-corrected chi connectivity index (χ1v) is 13.5. The van der Waals surface area contributed by atoms with E-state index in [0.717, 1.165) is 38.2 Å². The van der Waals surface area contributed by atoms with E-state index < -0.39 is 5.92 Å². The van der Waals surface area contributed by atoms with Gasteiger partial charge in [0.2, 0.25) is 0 Å². The van der Waals surface area contributed by atoms with Crippen LogP contribution in [0.25, 0.3) is 0 Å². The van der Waals surface area contributed by atoms with Crippen LogP contribution in [0.15, 0.2) is 81.9 Å². The van der Waals surface area contributed by atoms with Crippen molar-refractivity contribution in [1.29, 1.82) is 5.26 Å². The summed E-state index contributed by atoms with van der Waals surface area (Å²) in [6.07, 6.45) is 3.37. The van der Waals surface area contributed by atoms with Crippen molar-refractivity contribution in [2.45, 2.75) is 45.6 Å². The molecule has 2 heterocycles. The number of ketones is 1. The number of aryl methyl sites for hydroxylation is 2. The highest BCUT2D eigenvalue weighted by Gasteiger charge is 2.41. The first-order chi connectivity index (χ1) is 18.3. The van der Waals surface area contributed by atoms with Gasteiger partial charge < -0.3 is 10.5 Å². The Hall–Kier alpha value is -3.60. The van der Waals surface area contributed by atoms with Gasteiger partial charge in [-0.15, -0.1) is 0 Å². The molecule has 38 heavy (non-hydrogen) atoms. The van der Waals surface area contributed by atoms with Crippen LogP contribution in [0.4, 0.5) is 5.69 Å². The maximum absolute atomic E-state index is 13.5. The summed E-state index contributed by atoms with van der Waals surface area (Å²) in [5.41, 5.74) is 12.9. The van der Waals surface area contributed by atoms with E-state index in [1.807, 2.05) is 38.1 Å². The minimum absolute atomic E-state index is 0.0224. The van der Waals surface area contributed by atoms with E-state index in [2.05, 4.69) is 39.1 Å². The molecule has 0 amide bonds. The molecule has 1 aliphatic carbocycles. The van der Waals surface area contributed by atoms with Gasteiger partial charge in [-0.3, -0.25) is 9.69 Å². The van der Waals surface area contributed by atoms with Gasteiger partial charge in [-0.2, -0.15) is 5.26 Å². The van der Waals surface area contributed by atoms with Gasteiger partial charge in [0.25, 0.3) is 0 Å². The van der Waals surface area contributed by atoms with Crippen molar-refractivity contribution in [3.8, 4) is 11.8 Å². The average Bonchev–Trinajstić information content (AvgIpc) is 2.89. The zero-order valence-electron chi connectivity index (χ0n) is 21.1.